The summed E-state index contributed by atoms with van der Waals surface area (Å²) in [5, 5.41) is 9.32. The molecule has 0 spiro atoms. The molecule has 0 fully saturated rings. The Bertz CT molecular complexity index is 2830. The average Bonchev–Trinajstić information content (AvgIpc) is 3.32. The molecule has 4 aromatic carbocycles. The summed E-state index contributed by atoms with van der Waals surface area (Å²) >= 11 is 0. The number of rotatable bonds is 12. The molecule has 1 amide bonds. The van der Waals surface area contributed by atoms with Crippen LogP contribution in [-0.2, 0) is 35.5 Å². The molecule has 0 aliphatic carbocycles. The standard InChI is InChI=1S/C25H25N3O6.C25H24N2O7/c1-25(2,23(26)29)34-16-7-8-18-15(11-16)9-10-28-19(18)12-22(27-24(28)30)32-14-17-13-31-20-5-3-4-6-21(20)33-17;1-25(2,23(28)29)34-16-7-8-18-15(11-16)9-10-27-19(18)12-22(26-24(27)30)32-14-17-13-31-20-5-3-4-6-21(20)33-17/h3-8,11-12,17H,9-10,13-14H2,1-2H3,(H2,26,29);3-8,11-12,17H,9-10,13-14H2,1-2H3,(H,28,29). The van der Waals surface area contributed by atoms with Gasteiger partial charge in [0.25, 0.3) is 5.91 Å². The fraction of sp³-hybridized carbons (Fsp3) is 0.320. The summed E-state index contributed by atoms with van der Waals surface area (Å²) in [4.78, 5) is 56.5. The highest BCUT2D eigenvalue weighted by atomic mass is 16.6. The number of nitrogens with two attached hydrogens (primary N) is 1. The number of carbonyl (C=O) groups excluding carboxylic acids is 1. The van der Waals surface area contributed by atoms with Gasteiger partial charge in [0.2, 0.25) is 11.8 Å². The number of para-hydroxylation sites is 4. The fourth-order valence-electron chi connectivity index (χ4n) is 7.97. The summed E-state index contributed by atoms with van der Waals surface area (Å²) in [6, 6.07) is 29.2. The third kappa shape index (κ3) is 9.61. The monoisotopic (exact) mass is 927 g/mol. The van der Waals surface area contributed by atoms with Crippen molar-refractivity contribution in [1.29, 1.82) is 0 Å². The predicted octanol–water partition coefficient (Wildman–Crippen LogP) is 5.26. The van der Waals surface area contributed by atoms with Crippen molar-refractivity contribution in [2.45, 2.75) is 77.0 Å². The SMILES string of the molecule is CC(C)(Oc1ccc2c(c1)CCn1c-2cc(OCC2COc3ccccc3O2)nc1=O)C(=O)O.CC(C)(Oc1ccc2c(c1)CCn1c-2cc(OCC2COc3ccccc3O2)nc1=O)C(N)=O. The van der Waals surface area contributed by atoms with Gasteiger partial charge < -0.3 is 48.7 Å². The zero-order valence-electron chi connectivity index (χ0n) is 37.8. The molecule has 6 heterocycles. The van der Waals surface area contributed by atoms with Crippen LogP contribution in [0.4, 0.5) is 0 Å². The Morgan fingerprint density at radius 3 is 1.50 bits per heavy atom. The van der Waals surface area contributed by atoms with Crippen molar-refractivity contribution < 1.29 is 52.6 Å². The van der Waals surface area contributed by atoms with E-state index >= 15 is 0 Å². The molecule has 18 nitrogen and oxygen atoms in total. The minimum atomic E-state index is -1.35. The lowest BCUT2D eigenvalue weighted by Gasteiger charge is -2.27. The summed E-state index contributed by atoms with van der Waals surface area (Å²) in [5.74, 6) is 2.53. The number of carboxylic acids is 1. The lowest BCUT2D eigenvalue weighted by molar-refractivity contribution is -0.152. The van der Waals surface area contributed by atoms with Crippen LogP contribution in [0.1, 0.15) is 38.8 Å². The molecule has 68 heavy (non-hydrogen) atoms. The molecule has 0 radical (unpaired) electrons. The number of hydrogen-bond donors (Lipinski definition) is 2. The number of benzene rings is 4. The number of hydrogen-bond acceptors (Lipinski definition) is 14. The summed E-state index contributed by atoms with van der Waals surface area (Å²) in [5.41, 5.74) is 7.24. The smallest absolute Gasteiger partial charge is 0.351 e. The van der Waals surface area contributed by atoms with Crippen LogP contribution in [0.3, 0.4) is 0 Å². The maximum Gasteiger partial charge on any atom is 0.351 e. The van der Waals surface area contributed by atoms with Crippen molar-refractivity contribution >= 4 is 11.9 Å². The Morgan fingerprint density at radius 1 is 0.647 bits per heavy atom. The molecule has 3 N–H and O–H groups in total. The molecule has 2 aromatic heterocycles. The van der Waals surface area contributed by atoms with Crippen molar-refractivity contribution in [1.82, 2.24) is 19.1 Å². The molecule has 6 aromatic rings. The van der Waals surface area contributed by atoms with Gasteiger partial charge in [0.15, 0.2) is 46.4 Å². The fourth-order valence-corrected chi connectivity index (χ4v) is 7.97. The number of nitrogens with zero attached hydrogens (tertiary/aromatic N) is 4. The van der Waals surface area contributed by atoms with Crippen molar-refractivity contribution in [3.63, 3.8) is 0 Å². The number of primary amides is 1. The van der Waals surface area contributed by atoms with E-state index in [1.165, 1.54) is 13.8 Å². The molecular weight excluding hydrogens is 879 g/mol. The van der Waals surface area contributed by atoms with Gasteiger partial charge in [-0.1, -0.05) is 24.3 Å². The molecule has 18 heteroatoms. The normalized spacial score (nSPS) is 16.2. The Hall–Kier alpha value is -8.02. The van der Waals surface area contributed by atoms with Crippen molar-refractivity contribution in [2.75, 3.05) is 26.4 Å². The highest BCUT2D eigenvalue weighted by molar-refractivity contribution is 5.83. The lowest BCUT2D eigenvalue weighted by atomic mass is 9.97. The van der Waals surface area contributed by atoms with E-state index in [1.54, 1.807) is 47.2 Å². The van der Waals surface area contributed by atoms with Gasteiger partial charge in [0.05, 0.1) is 11.4 Å². The first-order chi connectivity index (χ1) is 32.6. The van der Waals surface area contributed by atoms with Crippen LogP contribution >= 0.6 is 0 Å². The predicted molar refractivity (Wildman–Crippen MR) is 245 cm³/mol. The zero-order valence-corrected chi connectivity index (χ0v) is 37.8. The van der Waals surface area contributed by atoms with E-state index in [-0.39, 0.29) is 42.9 Å². The van der Waals surface area contributed by atoms with E-state index in [2.05, 4.69) is 9.97 Å². The van der Waals surface area contributed by atoms with Gasteiger partial charge in [-0.15, -0.1) is 0 Å². The largest absolute Gasteiger partial charge is 0.486 e. The molecule has 4 aliphatic heterocycles. The molecule has 4 aliphatic rings. The van der Waals surface area contributed by atoms with Gasteiger partial charge in [0.1, 0.15) is 37.9 Å². The van der Waals surface area contributed by atoms with Gasteiger partial charge in [-0.2, -0.15) is 9.97 Å². The van der Waals surface area contributed by atoms with Crippen molar-refractivity contribution in [3.05, 3.63) is 129 Å². The number of aliphatic carboxylic acids is 1. The quantitative estimate of drug-likeness (QED) is 0.160. The van der Waals surface area contributed by atoms with Gasteiger partial charge >= 0.3 is 17.3 Å². The van der Waals surface area contributed by atoms with Crippen LogP contribution in [0.15, 0.2) is 107 Å². The Balaban J connectivity index is 0.000000170. The lowest BCUT2D eigenvalue weighted by Crippen LogP contribution is -2.43. The maximum atomic E-state index is 12.7. The highest BCUT2D eigenvalue weighted by Gasteiger charge is 2.31. The van der Waals surface area contributed by atoms with Crippen LogP contribution in [0, 0.1) is 0 Å². The number of carboxylic acid groups (broad SMARTS) is 1. The van der Waals surface area contributed by atoms with Gasteiger partial charge in [0, 0.05) is 36.3 Å². The Morgan fingerprint density at radius 2 is 1.07 bits per heavy atom. The number of aromatic nitrogens is 4. The van der Waals surface area contributed by atoms with E-state index in [0.29, 0.717) is 85.0 Å². The first-order valence-corrected chi connectivity index (χ1v) is 22.0. The molecule has 0 saturated carbocycles. The molecular formula is C50H49N5O13. The second-order valence-corrected chi connectivity index (χ2v) is 17.5. The molecule has 2 atom stereocenters. The second-order valence-electron chi connectivity index (χ2n) is 17.5. The van der Waals surface area contributed by atoms with Crippen molar-refractivity contribution in [2.24, 2.45) is 5.73 Å². The number of aryl methyl sites for hydroxylation is 2. The van der Waals surface area contributed by atoms with E-state index < -0.39 is 28.8 Å². The third-order valence-electron chi connectivity index (χ3n) is 11.7. The average molecular weight is 928 g/mol. The van der Waals surface area contributed by atoms with Crippen molar-refractivity contribution in [3.8, 4) is 68.8 Å². The van der Waals surface area contributed by atoms with Crippen LogP contribution in [0.5, 0.6) is 46.3 Å². The number of amides is 1. The topological polar surface area (TPSA) is 224 Å². The summed E-state index contributed by atoms with van der Waals surface area (Å²) in [6.07, 6.45) is 0.572. The number of ether oxygens (including phenoxy) is 8. The van der Waals surface area contributed by atoms with E-state index in [0.717, 1.165) is 22.3 Å². The zero-order chi connectivity index (χ0) is 47.7. The minimum absolute atomic E-state index is 0.175. The van der Waals surface area contributed by atoms with E-state index in [4.69, 9.17) is 43.6 Å². The number of fused-ring (bicyclic) bond motifs is 8. The molecule has 0 saturated heterocycles. The van der Waals surface area contributed by atoms with Gasteiger partial charge in [-0.25, -0.2) is 14.4 Å². The van der Waals surface area contributed by atoms with Crippen LogP contribution in [0.2, 0.25) is 0 Å². The Kier molecular flexibility index (Phi) is 12.2. The number of carbonyl (C=O) groups is 2. The first kappa shape index (κ1) is 45.1. The summed E-state index contributed by atoms with van der Waals surface area (Å²) < 4.78 is 49.6. The highest BCUT2D eigenvalue weighted by Crippen LogP contribution is 2.36. The molecule has 2 unspecified atom stereocenters. The van der Waals surface area contributed by atoms with Gasteiger partial charge in [-0.3, -0.25) is 13.9 Å². The summed E-state index contributed by atoms with van der Waals surface area (Å²) in [6.45, 7) is 8.21. The first-order valence-electron chi connectivity index (χ1n) is 22.0. The molecule has 10 rings (SSSR count). The second kappa shape index (κ2) is 18.3. The minimum Gasteiger partial charge on any atom is -0.486 e. The van der Waals surface area contributed by atoms with E-state index in [9.17, 15) is 24.3 Å². The molecule has 0 bridgehead atoms. The van der Waals surface area contributed by atoms with Crippen LogP contribution in [0.25, 0.3) is 22.5 Å². The Labute approximate surface area is 389 Å². The molecule has 352 valence electrons. The van der Waals surface area contributed by atoms with E-state index in [1.807, 2.05) is 72.8 Å². The maximum absolute atomic E-state index is 12.7. The van der Waals surface area contributed by atoms with Crippen LogP contribution in [-0.4, -0.2) is 85.9 Å². The third-order valence-corrected chi connectivity index (χ3v) is 11.7. The van der Waals surface area contributed by atoms with Gasteiger partial charge in [-0.05, 0) is 112 Å². The van der Waals surface area contributed by atoms with Crippen LogP contribution < -0.4 is 55.0 Å². The summed E-state index contributed by atoms with van der Waals surface area (Å²) in [7, 11) is 0.